The van der Waals surface area contributed by atoms with Crippen LogP contribution in [0.15, 0.2) is 57.7 Å². The summed E-state index contributed by atoms with van der Waals surface area (Å²) in [5.41, 5.74) is 5.51. The molecule has 0 saturated carbocycles. The minimum absolute atomic E-state index is 0.0464. The lowest BCUT2D eigenvalue weighted by atomic mass is 9.89. The predicted molar refractivity (Wildman–Crippen MR) is 120 cm³/mol. The fourth-order valence-corrected chi connectivity index (χ4v) is 4.04. The molecular formula is C23H23ClN4O2. The van der Waals surface area contributed by atoms with Gasteiger partial charge in [-0.1, -0.05) is 29.8 Å². The van der Waals surface area contributed by atoms with E-state index in [-0.39, 0.29) is 11.8 Å². The third kappa shape index (κ3) is 4.00. The lowest BCUT2D eigenvalue weighted by Crippen LogP contribution is -2.42. The molecule has 1 amide bonds. The number of aryl methyl sites for hydroxylation is 1. The van der Waals surface area contributed by atoms with Crippen molar-refractivity contribution in [3.8, 4) is 5.75 Å². The van der Waals surface area contributed by atoms with Crippen LogP contribution in [0.1, 0.15) is 37.0 Å². The Hall–Kier alpha value is -2.99. The standard InChI is InChI=1S/C23H23ClN4O2/c1-13-19-11-7-15-6-10-18(30-3)12-20(15)21(16-4-8-17(24)9-5-16)26-23(25-14(2)29)22(19)28-27-13/h4-6,8-10,12,19,23H,7,11H2,1-3H3,(H,25,29)/t19?,23-/m1/s1. The molecule has 2 aromatic rings. The van der Waals surface area contributed by atoms with Gasteiger partial charge in [-0.2, -0.15) is 10.2 Å². The van der Waals surface area contributed by atoms with Gasteiger partial charge >= 0.3 is 0 Å². The van der Waals surface area contributed by atoms with Crippen LogP contribution in [0.2, 0.25) is 5.02 Å². The number of nitrogens with zero attached hydrogens (tertiary/aromatic N) is 3. The average molecular weight is 423 g/mol. The maximum atomic E-state index is 12.0. The topological polar surface area (TPSA) is 75.4 Å². The smallest absolute Gasteiger partial charge is 0.218 e. The Morgan fingerprint density at radius 3 is 2.63 bits per heavy atom. The van der Waals surface area contributed by atoms with Crippen LogP contribution in [0.3, 0.4) is 0 Å². The summed E-state index contributed by atoms with van der Waals surface area (Å²) in [7, 11) is 1.65. The summed E-state index contributed by atoms with van der Waals surface area (Å²) in [5, 5.41) is 12.3. The Labute approximate surface area is 180 Å². The number of halogens is 1. The normalized spacial score (nSPS) is 20.5. The van der Waals surface area contributed by atoms with E-state index in [0.717, 1.165) is 52.4 Å². The van der Waals surface area contributed by atoms with Crippen LogP contribution in [-0.2, 0) is 11.2 Å². The average Bonchev–Trinajstić information content (AvgIpc) is 3.12. The second-order valence-electron chi connectivity index (χ2n) is 7.47. The van der Waals surface area contributed by atoms with Gasteiger partial charge in [-0.05, 0) is 49.6 Å². The van der Waals surface area contributed by atoms with E-state index in [1.165, 1.54) is 6.92 Å². The molecule has 154 valence electrons. The molecule has 1 unspecified atom stereocenters. The molecule has 0 spiro atoms. The van der Waals surface area contributed by atoms with Crippen LogP contribution in [0.5, 0.6) is 5.75 Å². The fraction of sp³-hybridized carbons (Fsp3) is 0.304. The first kappa shape index (κ1) is 20.3. The zero-order valence-corrected chi connectivity index (χ0v) is 17.9. The molecule has 30 heavy (non-hydrogen) atoms. The molecular weight excluding hydrogens is 400 g/mol. The first-order valence-electron chi connectivity index (χ1n) is 9.86. The number of benzene rings is 2. The zero-order valence-electron chi connectivity index (χ0n) is 17.1. The SMILES string of the molecule is COc1ccc2c(c1)C(c1ccc(Cl)cc1)=N[C@@H](NC(C)=O)C1=NN=C(C)C1CC2. The van der Waals surface area contributed by atoms with E-state index in [4.69, 9.17) is 21.3 Å². The molecule has 2 aliphatic rings. The molecule has 2 aromatic carbocycles. The molecule has 0 radical (unpaired) electrons. The number of hydrogen-bond donors (Lipinski definition) is 1. The van der Waals surface area contributed by atoms with E-state index in [2.05, 4.69) is 21.6 Å². The van der Waals surface area contributed by atoms with E-state index in [9.17, 15) is 4.79 Å². The van der Waals surface area contributed by atoms with Gasteiger partial charge in [0.05, 0.1) is 18.5 Å². The van der Waals surface area contributed by atoms with Crippen LogP contribution >= 0.6 is 11.6 Å². The second-order valence-corrected chi connectivity index (χ2v) is 7.90. The molecule has 2 aliphatic heterocycles. The van der Waals surface area contributed by atoms with Gasteiger partial charge in [0, 0.05) is 34.7 Å². The Bertz CT molecular complexity index is 1070. The number of methoxy groups -OCH3 is 1. The highest BCUT2D eigenvalue weighted by atomic mass is 35.5. The molecule has 0 bridgehead atoms. The zero-order chi connectivity index (χ0) is 21.3. The molecule has 0 fully saturated rings. The Kier molecular flexibility index (Phi) is 5.68. The van der Waals surface area contributed by atoms with Crippen molar-refractivity contribution in [3.63, 3.8) is 0 Å². The van der Waals surface area contributed by atoms with Crippen molar-refractivity contribution >= 4 is 34.6 Å². The van der Waals surface area contributed by atoms with Crippen molar-refractivity contribution in [3.05, 3.63) is 64.2 Å². The summed E-state index contributed by atoms with van der Waals surface area (Å²) in [6.45, 7) is 3.46. The van der Waals surface area contributed by atoms with Crippen LogP contribution in [0.4, 0.5) is 0 Å². The maximum absolute atomic E-state index is 12.0. The van der Waals surface area contributed by atoms with E-state index < -0.39 is 6.17 Å². The highest BCUT2D eigenvalue weighted by molar-refractivity contribution is 6.30. The number of fused-ring (bicyclic) bond motifs is 2. The minimum atomic E-state index is -0.600. The summed E-state index contributed by atoms with van der Waals surface area (Å²) in [6.07, 6.45) is 1.07. The first-order chi connectivity index (χ1) is 14.5. The molecule has 1 N–H and O–H groups in total. The monoisotopic (exact) mass is 422 g/mol. The number of aliphatic imine (C=N–C) groups is 1. The molecule has 0 aliphatic carbocycles. The third-order valence-corrected chi connectivity index (χ3v) is 5.71. The largest absolute Gasteiger partial charge is 0.497 e. The Balaban J connectivity index is 1.94. The van der Waals surface area contributed by atoms with Gasteiger partial charge in [0.25, 0.3) is 0 Å². The number of nitrogens with one attached hydrogen (secondary N) is 1. The van der Waals surface area contributed by atoms with Gasteiger partial charge in [0.15, 0.2) is 6.17 Å². The summed E-state index contributed by atoms with van der Waals surface area (Å²) in [5.74, 6) is 0.626. The van der Waals surface area contributed by atoms with Crippen molar-refractivity contribution in [2.24, 2.45) is 21.1 Å². The number of ether oxygens (including phenoxy) is 1. The number of hydrogen-bond acceptors (Lipinski definition) is 5. The van der Waals surface area contributed by atoms with Gasteiger partial charge in [0.1, 0.15) is 5.75 Å². The summed E-state index contributed by atoms with van der Waals surface area (Å²) in [6, 6.07) is 13.6. The molecule has 2 atom stereocenters. The number of carbonyl (C=O) groups is 1. The Morgan fingerprint density at radius 1 is 1.17 bits per heavy atom. The molecule has 2 heterocycles. The van der Waals surface area contributed by atoms with Crippen molar-refractivity contribution in [1.82, 2.24) is 5.32 Å². The summed E-state index contributed by atoms with van der Waals surface area (Å²) < 4.78 is 5.48. The van der Waals surface area contributed by atoms with Gasteiger partial charge in [-0.3, -0.25) is 9.79 Å². The van der Waals surface area contributed by atoms with E-state index >= 15 is 0 Å². The van der Waals surface area contributed by atoms with Crippen LogP contribution in [0, 0.1) is 5.92 Å². The summed E-state index contributed by atoms with van der Waals surface area (Å²) >= 11 is 6.12. The van der Waals surface area contributed by atoms with Crippen molar-refractivity contribution in [2.45, 2.75) is 32.9 Å². The van der Waals surface area contributed by atoms with Crippen LogP contribution < -0.4 is 10.1 Å². The van der Waals surface area contributed by atoms with Crippen molar-refractivity contribution in [2.75, 3.05) is 7.11 Å². The lowest BCUT2D eigenvalue weighted by Gasteiger charge is -2.20. The number of amides is 1. The van der Waals surface area contributed by atoms with Gasteiger partial charge in [-0.25, -0.2) is 0 Å². The molecule has 0 aromatic heterocycles. The highest BCUT2D eigenvalue weighted by Crippen LogP contribution is 2.29. The predicted octanol–water partition coefficient (Wildman–Crippen LogP) is 4.04. The van der Waals surface area contributed by atoms with E-state index in [1.807, 2.05) is 43.3 Å². The first-order valence-corrected chi connectivity index (χ1v) is 10.2. The lowest BCUT2D eigenvalue weighted by molar-refractivity contribution is -0.119. The van der Waals surface area contributed by atoms with Gasteiger partial charge in [0.2, 0.25) is 5.91 Å². The number of carbonyl (C=O) groups excluding carboxylic acids is 1. The Morgan fingerprint density at radius 2 is 1.93 bits per heavy atom. The quantitative estimate of drug-likeness (QED) is 0.810. The summed E-state index contributed by atoms with van der Waals surface area (Å²) in [4.78, 5) is 17.0. The molecule has 4 rings (SSSR count). The molecule has 0 saturated heterocycles. The van der Waals surface area contributed by atoms with Crippen LogP contribution in [0.25, 0.3) is 0 Å². The highest BCUT2D eigenvalue weighted by Gasteiger charge is 2.33. The van der Waals surface area contributed by atoms with E-state index in [1.54, 1.807) is 7.11 Å². The van der Waals surface area contributed by atoms with Gasteiger partial charge < -0.3 is 10.1 Å². The van der Waals surface area contributed by atoms with Crippen molar-refractivity contribution < 1.29 is 9.53 Å². The second kappa shape index (κ2) is 8.40. The number of rotatable bonds is 3. The minimum Gasteiger partial charge on any atom is -0.497 e. The fourth-order valence-electron chi connectivity index (χ4n) is 3.91. The van der Waals surface area contributed by atoms with E-state index in [0.29, 0.717) is 5.02 Å². The van der Waals surface area contributed by atoms with Gasteiger partial charge in [-0.15, -0.1) is 0 Å². The van der Waals surface area contributed by atoms with Crippen LogP contribution in [-0.4, -0.2) is 36.3 Å². The molecule has 7 heteroatoms. The third-order valence-electron chi connectivity index (χ3n) is 5.46. The maximum Gasteiger partial charge on any atom is 0.218 e. The van der Waals surface area contributed by atoms with Crippen molar-refractivity contribution in [1.29, 1.82) is 0 Å². The molecule has 6 nitrogen and oxygen atoms in total.